The minimum absolute atomic E-state index is 0.957. The van der Waals surface area contributed by atoms with Crippen molar-refractivity contribution in [3.05, 3.63) is 23.3 Å². The fourth-order valence-electron chi connectivity index (χ4n) is 1.70. The second-order valence-electron chi connectivity index (χ2n) is 3.95. The van der Waals surface area contributed by atoms with Crippen LogP contribution in [0, 0.1) is 13.8 Å². The summed E-state index contributed by atoms with van der Waals surface area (Å²) in [5.74, 6) is 0.957. The smallest absolute Gasteiger partial charge is 0.122 e. The Kier molecular flexibility index (Phi) is 5.12. The number of hydrogen-bond acceptors (Lipinski definition) is 3. The van der Waals surface area contributed by atoms with Crippen LogP contribution >= 0.6 is 0 Å². The summed E-state index contributed by atoms with van der Waals surface area (Å²) in [6.45, 7) is 6.25. The second kappa shape index (κ2) is 6.38. The van der Waals surface area contributed by atoms with Crippen molar-refractivity contribution in [1.29, 1.82) is 0 Å². The molecule has 3 heteroatoms. The number of hydrogen-bond donors (Lipinski definition) is 2. The Hall–Kier alpha value is -1.22. The van der Waals surface area contributed by atoms with E-state index in [1.165, 1.54) is 16.8 Å². The van der Waals surface area contributed by atoms with E-state index in [2.05, 4.69) is 30.5 Å². The van der Waals surface area contributed by atoms with Gasteiger partial charge in [-0.2, -0.15) is 0 Å². The molecule has 0 fully saturated rings. The molecular weight excluding hydrogens is 200 g/mol. The van der Waals surface area contributed by atoms with Crippen LogP contribution in [0.25, 0.3) is 0 Å². The molecule has 1 rings (SSSR count). The number of benzene rings is 1. The molecule has 0 atom stereocenters. The van der Waals surface area contributed by atoms with Crippen LogP contribution in [0.15, 0.2) is 12.1 Å². The molecule has 0 aromatic heterocycles. The molecule has 0 saturated heterocycles. The maximum atomic E-state index is 5.29. The third-order valence-electron chi connectivity index (χ3n) is 2.88. The molecule has 0 aliphatic rings. The van der Waals surface area contributed by atoms with Gasteiger partial charge in [0, 0.05) is 12.2 Å². The van der Waals surface area contributed by atoms with Crippen molar-refractivity contribution in [1.82, 2.24) is 5.32 Å². The molecule has 0 aliphatic heterocycles. The van der Waals surface area contributed by atoms with Crippen molar-refractivity contribution in [2.75, 3.05) is 32.6 Å². The van der Waals surface area contributed by atoms with Crippen molar-refractivity contribution in [2.24, 2.45) is 0 Å². The summed E-state index contributed by atoms with van der Waals surface area (Å²) in [5, 5.41) is 6.58. The maximum absolute atomic E-state index is 5.29. The van der Waals surface area contributed by atoms with Crippen molar-refractivity contribution >= 4 is 5.69 Å². The van der Waals surface area contributed by atoms with Crippen LogP contribution in [0.3, 0.4) is 0 Å². The topological polar surface area (TPSA) is 33.3 Å². The number of rotatable bonds is 6. The molecule has 1 aromatic rings. The standard InChI is InChI=1S/C13H22N2O/c1-10-11(2)13(16-4)7-6-12(10)15-9-5-8-14-3/h6-7,14-15H,5,8-9H2,1-4H3. The molecule has 0 unspecified atom stereocenters. The summed E-state index contributed by atoms with van der Waals surface area (Å²) < 4.78 is 5.29. The van der Waals surface area contributed by atoms with Crippen LogP contribution in [0.1, 0.15) is 17.5 Å². The third-order valence-corrected chi connectivity index (χ3v) is 2.88. The van der Waals surface area contributed by atoms with Crippen LogP contribution in [0.2, 0.25) is 0 Å². The number of anilines is 1. The molecule has 0 bridgehead atoms. The fourth-order valence-corrected chi connectivity index (χ4v) is 1.70. The van der Waals surface area contributed by atoms with Gasteiger partial charge in [-0.1, -0.05) is 0 Å². The predicted molar refractivity (Wildman–Crippen MR) is 69.5 cm³/mol. The molecule has 2 N–H and O–H groups in total. The van der Waals surface area contributed by atoms with Gasteiger partial charge in [0.05, 0.1) is 7.11 Å². The molecule has 0 amide bonds. The summed E-state index contributed by atoms with van der Waals surface area (Å²) >= 11 is 0. The van der Waals surface area contributed by atoms with Gasteiger partial charge in [0.25, 0.3) is 0 Å². The monoisotopic (exact) mass is 222 g/mol. The van der Waals surface area contributed by atoms with Gasteiger partial charge in [0.15, 0.2) is 0 Å². The quantitative estimate of drug-likeness (QED) is 0.725. The zero-order valence-electron chi connectivity index (χ0n) is 10.7. The first-order valence-electron chi connectivity index (χ1n) is 5.73. The Bertz CT molecular complexity index is 337. The molecule has 0 radical (unpaired) electrons. The lowest BCUT2D eigenvalue weighted by atomic mass is 10.1. The molecule has 1 aromatic carbocycles. The highest BCUT2D eigenvalue weighted by Gasteiger charge is 2.05. The van der Waals surface area contributed by atoms with E-state index in [0.717, 1.165) is 25.3 Å². The van der Waals surface area contributed by atoms with Crippen LogP contribution < -0.4 is 15.4 Å². The van der Waals surface area contributed by atoms with Gasteiger partial charge >= 0.3 is 0 Å². The van der Waals surface area contributed by atoms with E-state index in [9.17, 15) is 0 Å². The number of nitrogens with one attached hydrogen (secondary N) is 2. The Labute approximate surface area is 98.2 Å². The Balaban J connectivity index is 2.64. The first-order valence-corrected chi connectivity index (χ1v) is 5.73. The minimum atomic E-state index is 0.957. The average molecular weight is 222 g/mol. The normalized spacial score (nSPS) is 10.2. The molecule has 0 heterocycles. The van der Waals surface area contributed by atoms with Crippen molar-refractivity contribution in [3.8, 4) is 5.75 Å². The van der Waals surface area contributed by atoms with Gasteiger partial charge in [0.2, 0.25) is 0 Å². The van der Waals surface area contributed by atoms with Gasteiger partial charge in [-0.3, -0.25) is 0 Å². The lowest BCUT2D eigenvalue weighted by Gasteiger charge is -2.14. The Morgan fingerprint density at radius 3 is 2.50 bits per heavy atom. The lowest BCUT2D eigenvalue weighted by molar-refractivity contribution is 0.411. The van der Waals surface area contributed by atoms with Gasteiger partial charge in [-0.05, 0) is 57.1 Å². The Morgan fingerprint density at radius 2 is 1.88 bits per heavy atom. The predicted octanol–water partition coefficient (Wildman–Crippen LogP) is 2.33. The van der Waals surface area contributed by atoms with Crippen molar-refractivity contribution in [3.63, 3.8) is 0 Å². The summed E-state index contributed by atoms with van der Waals surface area (Å²) in [5.41, 5.74) is 3.68. The summed E-state index contributed by atoms with van der Waals surface area (Å²) in [6.07, 6.45) is 1.13. The molecule has 16 heavy (non-hydrogen) atoms. The van der Waals surface area contributed by atoms with Crippen molar-refractivity contribution < 1.29 is 4.74 Å². The summed E-state index contributed by atoms with van der Waals surface area (Å²) in [6, 6.07) is 4.10. The number of methoxy groups -OCH3 is 1. The average Bonchev–Trinajstić information content (AvgIpc) is 2.30. The van der Waals surface area contributed by atoms with Gasteiger partial charge < -0.3 is 15.4 Å². The molecule has 0 aliphatic carbocycles. The van der Waals surface area contributed by atoms with Gasteiger partial charge in [0.1, 0.15) is 5.75 Å². The highest BCUT2D eigenvalue weighted by atomic mass is 16.5. The van der Waals surface area contributed by atoms with Crippen LogP contribution in [-0.4, -0.2) is 27.2 Å². The summed E-state index contributed by atoms with van der Waals surface area (Å²) in [7, 11) is 3.69. The van der Waals surface area contributed by atoms with E-state index in [1.54, 1.807) is 7.11 Å². The van der Waals surface area contributed by atoms with E-state index in [1.807, 2.05) is 13.1 Å². The highest BCUT2D eigenvalue weighted by molar-refractivity contribution is 5.58. The minimum Gasteiger partial charge on any atom is -0.496 e. The van der Waals surface area contributed by atoms with Crippen molar-refractivity contribution in [2.45, 2.75) is 20.3 Å². The molecule has 90 valence electrons. The maximum Gasteiger partial charge on any atom is 0.122 e. The van der Waals surface area contributed by atoms with Crippen LogP contribution in [0.4, 0.5) is 5.69 Å². The van der Waals surface area contributed by atoms with Crippen LogP contribution in [-0.2, 0) is 0 Å². The fraction of sp³-hybridized carbons (Fsp3) is 0.538. The first-order chi connectivity index (χ1) is 7.70. The van der Waals surface area contributed by atoms with Gasteiger partial charge in [-0.15, -0.1) is 0 Å². The van der Waals surface area contributed by atoms with E-state index < -0.39 is 0 Å². The lowest BCUT2D eigenvalue weighted by Crippen LogP contribution is -2.13. The number of ether oxygens (including phenoxy) is 1. The van der Waals surface area contributed by atoms with Gasteiger partial charge in [-0.25, -0.2) is 0 Å². The zero-order chi connectivity index (χ0) is 12.0. The Morgan fingerprint density at radius 1 is 1.12 bits per heavy atom. The SMILES string of the molecule is CNCCCNc1ccc(OC)c(C)c1C. The molecule has 0 spiro atoms. The van der Waals surface area contributed by atoms with Crippen LogP contribution in [0.5, 0.6) is 5.75 Å². The highest BCUT2D eigenvalue weighted by Crippen LogP contribution is 2.26. The molecule has 0 saturated carbocycles. The largest absolute Gasteiger partial charge is 0.496 e. The summed E-state index contributed by atoms with van der Waals surface area (Å²) in [4.78, 5) is 0. The first kappa shape index (κ1) is 12.8. The van der Waals surface area contributed by atoms with E-state index in [0.29, 0.717) is 0 Å². The molecule has 3 nitrogen and oxygen atoms in total. The zero-order valence-corrected chi connectivity index (χ0v) is 10.7. The van der Waals surface area contributed by atoms with E-state index in [4.69, 9.17) is 4.74 Å². The second-order valence-corrected chi connectivity index (χ2v) is 3.95. The van der Waals surface area contributed by atoms with E-state index in [-0.39, 0.29) is 0 Å². The third kappa shape index (κ3) is 3.14. The van der Waals surface area contributed by atoms with E-state index >= 15 is 0 Å². The molecular formula is C13H22N2O.